The predicted molar refractivity (Wildman–Crippen MR) is 99.8 cm³/mol. The number of benzene rings is 2. The molecule has 25 heavy (non-hydrogen) atoms. The van der Waals surface area contributed by atoms with Gasteiger partial charge in [-0.2, -0.15) is 0 Å². The molecule has 0 aliphatic carbocycles. The average Bonchev–Trinajstić information content (AvgIpc) is 3.00. The molecule has 0 radical (unpaired) electrons. The summed E-state index contributed by atoms with van der Waals surface area (Å²) in [5.41, 5.74) is 3.28. The normalized spacial score (nSPS) is 10.6. The second kappa shape index (κ2) is 7.98. The molecule has 1 aromatic heterocycles. The lowest BCUT2D eigenvalue weighted by molar-refractivity contribution is -0.118. The molecule has 0 atom stereocenters. The van der Waals surface area contributed by atoms with Crippen molar-refractivity contribution in [1.29, 1.82) is 0 Å². The van der Waals surface area contributed by atoms with Crippen LogP contribution in [-0.2, 0) is 11.3 Å². The summed E-state index contributed by atoms with van der Waals surface area (Å²) < 4.78 is 1.97. The van der Waals surface area contributed by atoms with Crippen molar-refractivity contribution in [1.82, 2.24) is 20.1 Å². The summed E-state index contributed by atoms with van der Waals surface area (Å²) in [6.45, 7) is 4.49. The van der Waals surface area contributed by atoms with Crippen molar-refractivity contribution in [2.75, 3.05) is 5.75 Å². The maximum Gasteiger partial charge on any atom is 0.230 e. The van der Waals surface area contributed by atoms with E-state index in [0.29, 0.717) is 12.3 Å². The third-order valence-corrected chi connectivity index (χ3v) is 4.68. The van der Waals surface area contributed by atoms with Gasteiger partial charge in [-0.05, 0) is 31.5 Å². The highest BCUT2D eigenvalue weighted by Gasteiger charge is 2.13. The van der Waals surface area contributed by atoms with E-state index in [1.54, 1.807) is 0 Å². The van der Waals surface area contributed by atoms with Crippen LogP contribution >= 0.6 is 11.8 Å². The molecule has 0 aliphatic heterocycles. The zero-order chi connectivity index (χ0) is 17.6. The quantitative estimate of drug-likeness (QED) is 0.692. The Balaban J connectivity index is 1.62. The van der Waals surface area contributed by atoms with E-state index in [-0.39, 0.29) is 5.91 Å². The second-order valence-electron chi connectivity index (χ2n) is 5.75. The van der Waals surface area contributed by atoms with Gasteiger partial charge in [0.25, 0.3) is 0 Å². The Morgan fingerprint density at radius 1 is 1.04 bits per heavy atom. The van der Waals surface area contributed by atoms with E-state index in [0.717, 1.165) is 22.2 Å². The molecule has 0 fully saturated rings. The Hall–Kier alpha value is -2.60. The molecule has 0 saturated heterocycles. The lowest BCUT2D eigenvalue weighted by Gasteiger charge is -2.09. The Morgan fingerprint density at radius 3 is 2.48 bits per heavy atom. The molecular formula is C19H20N4OS. The SMILES string of the molecule is Cc1ccc(-n2c(C)nnc2SCC(=O)NCc2ccccc2)cc1. The van der Waals surface area contributed by atoms with Gasteiger partial charge in [-0.25, -0.2) is 0 Å². The van der Waals surface area contributed by atoms with Gasteiger partial charge in [0.05, 0.1) is 5.75 Å². The van der Waals surface area contributed by atoms with E-state index >= 15 is 0 Å². The molecule has 0 spiro atoms. The van der Waals surface area contributed by atoms with Gasteiger partial charge >= 0.3 is 0 Å². The fourth-order valence-electron chi connectivity index (χ4n) is 2.41. The first-order valence-electron chi connectivity index (χ1n) is 8.06. The third kappa shape index (κ3) is 4.48. The Morgan fingerprint density at radius 2 is 1.76 bits per heavy atom. The van der Waals surface area contributed by atoms with E-state index in [1.165, 1.54) is 17.3 Å². The first-order valence-corrected chi connectivity index (χ1v) is 9.04. The highest BCUT2D eigenvalue weighted by Crippen LogP contribution is 2.21. The standard InChI is InChI=1S/C19H20N4OS/c1-14-8-10-17(11-9-14)23-15(2)21-22-19(23)25-13-18(24)20-12-16-6-4-3-5-7-16/h3-11H,12-13H2,1-2H3,(H,20,24). The van der Waals surface area contributed by atoms with E-state index in [2.05, 4.69) is 34.6 Å². The maximum absolute atomic E-state index is 12.1. The summed E-state index contributed by atoms with van der Waals surface area (Å²) in [6, 6.07) is 18.0. The number of thioether (sulfide) groups is 1. The van der Waals surface area contributed by atoms with E-state index < -0.39 is 0 Å². The number of aryl methyl sites for hydroxylation is 2. The molecule has 2 aromatic carbocycles. The van der Waals surface area contributed by atoms with Crippen molar-refractivity contribution in [3.8, 4) is 5.69 Å². The summed E-state index contributed by atoms with van der Waals surface area (Å²) >= 11 is 1.39. The van der Waals surface area contributed by atoms with Crippen LogP contribution in [0.5, 0.6) is 0 Å². The molecule has 3 aromatic rings. The maximum atomic E-state index is 12.1. The third-order valence-electron chi connectivity index (χ3n) is 3.75. The van der Waals surface area contributed by atoms with E-state index in [1.807, 2.05) is 54.0 Å². The number of hydrogen-bond acceptors (Lipinski definition) is 4. The minimum absolute atomic E-state index is 0.0232. The van der Waals surface area contributed by atoms with E-state index in [9.17, 15) is 4.79 Å². The number of carbonyl (C=O) groups is 1. The molecule has 3 rings (SSSR count). The Kier molecular flexibility index (Phi) is 5.50. The molecular weight excluding hydrogens is 332 g/mol. The Labute approximate surface area is 151 Å². The zero-order valence-electron chi connectivity index (χ0n) is 14.3. The van der Waals surface area contributed by atoms with Crippen molar-refractivity contribution in [2.45, 2.75) is 25.5 Å². The van der Waals surface area contributed by atoms with Crippen molar-refractivity contribution in [3.05, 3.63) is 71.5 Å². The molecule has 1 heterocycles. The number of carbonyl (C=O) groups excluding carboxylic acids is 1. The fraction of sp³-hybridized carbons (Fsp3) is 0.211. The van der Waals surface area contributed by atoms with Crippen molar-refractivity contribution < 1.29 is 4.79 Å². The van der Waals surface area contributed by atoms with Gasteiger partial charge in [-0.15, -0.1) is 10.2 Å². The summed E-state index contributed by atoms with van der Waals surface area (Å²) in [7, 11) is 0. The first kappa shape index (κ1) is 17.2. The number of amides is 1. The lowest BCUT2D eigenvalue weighted by Crippen LogP contribution is -2.24. The Bertz CT molecular complexity index is 844. The topological polar surface area (TPSA) is 59.8 Å². The predicted octanol–water partition coefficient (Wildman–Crippen LogP) is 3.29. The van der Waals surface area contributed by atoms with Crippen LogP contribution < -0.4 is 5.32 Å². The van der Waals surface area contributed by atoms with E-state index in [4.69, 9.17) is 0 Å². The molecule has 5 nitrogen and oxygen atoms in total. The minimum atomic E-state index is -0.0232. The van der Waals surface area contributed by atoms with Crippen LogP contribution in [0, 0.1) is 13.8 Å². The summed E-state index contributed by atoms with van der Waals surface area (Å²) in [4.78, 5) is 12.1. The molecule has 1 N–H and O–H groups in total. The summed E-state index contributed by atoms with van der Waals surface area (Å²) in [6.07, 6.45) is 0. The van der Waals surface area contributed by atoms with Crippen LogP contribution in [0.25, 0.3) is 5.69 Å². The van der Waals surface area contributed by atoms with Crippen LogP contribution in [0.3, 0.4) is 0 Å². The van der Waals surface area contributed by atoms with Gasteiger partial charge in [0.15, 0.2) is 5.16 Å². The molecule has 0 unspecified atom stereocenters. The van der Waals surface area contributed by atoms with Gasteiger partial charge in [-0.1, -0.05) is 59.8 Å². The summed E-state index contributed by atoms with van der Waals surface area (Å²) in [5.74, 6) is 1.08. The van der Waals surface area contributed by atoms with Gasteiger partial charge in [0, 0.05) is 12.2 Å². The largest absolute Gasteiger partial charge is 0.351 e. The van der Waals surface area contributed by atoms with Gasteiger partial charge in [0.1, 0.15) is 5.82 Å². The second-order valence-corrected chi connectivity index (χ2v) is 6.69. The minimum Gasteiger partial charge on any atom is -0.351 e. The molecule has 6 heteroatoms. The van der Waals surface area contributed by atoms with Crippen LogP contribution in [0.1, 0.15) is 17.0 Å². The van der Waals surface area contributed by atoms with Crippen LogP contribution in [0.2, 0.25) is 0 Å². The number of nitrogens with one attached hydrogen (secondary N) is 1. The zero-order valence-corrected chi connectivity index (χ0v) is 15.1. The van der Waals surface area contributed by atoms with Crippen molar-refractivity contribution >= 4 is 17.7 Å². The smallest absolute Gasteiger partial charge is 0.230 e. The molecule has 0 bridgehead atoms. The van der Waals surface area contributed by atoms with Crippen LogP contribution in [0.4, 0.5) is 0 Å². The van der Waals surface area contributed by atoms with Crippen LogP contribution in [-0.4, -0.2) is 26.4 Å². The van der Waals surface area contributed by atoms with Gasteiger partial charge < -0.3 is 5.32 Å². The molecule has 128 valence electrons. The molecule has 0 saturated carbocycles. The average molecular weight is 352 g/mol. The lowest BCUT2D eigenvalue weighted by atomic mass is 10.2. The summed E-state index contributed by atoms with van der Waals surface area (Å²) in [5, 5.41) is 12.0. The van der Waals surface area contributed by atoms with Gasteiger partial charge in [-0.3, -0.25) is 9.36 Å². The highest BCUT2D eigenvalue weighted by atomic mass is 32.2. The molecule has 0 aliphatic rings. The van der Waals surface area contributed by atoms with Gasteiger partial charge in [0.2, 0.25) is 5.91 Å². The van der Waals surface area contributed by atoms with Crippen molar-refractivity contribution in [2.24, 2.45) is 0 Å². The van der Waals surface area contributed by atoms with Crippen molar-refractivity contribution in [3.63, 3.8) is 0 Å². The fourth-order valence-corrected chi connectivity index (χ4v) is 3.23. The highest BCUT2D eigenvalue weighted by molar-refractivity contribution is 7.99. The monoisotopic (exact) mass is 352 g/mol. The number of nitrogens with zero attached hydrogens (tertiary/aromatic N) is 3. The number of hydrogen-bond donors (Lipinski definition) is 1. The molecule has 1 amide bonds. The van der Waals surface area contributed by atoms with Crippen LogP contribution in [0.15, 0.2) is 59.8 Å². The number of aromatic nitrogens is 3. The first-order chi connectivity index (χ1) is 12.1. The number of rotatable bonds is 6.